The van der Waals surface area contributed by atoms with Crippen LogP contribution in [0.2, 0.25) is 0 Å². The van der Waals surface area contributed by atoms with Crippen molar-refractivity contribution in [3.63, 3.8) is 0 Å². The first-order valence-corrected chi connectivity index (χ1v) is 5.14. The maximum absolute atomic E-state index is 11.7. The zero-order valence-electron chi connectivity index (χ0n) is 10.2. The van der Waals surface area contributed by atoms with Crippen molar-refractivity contribution in [3.05, 3.63) is 22.7 Å². The van der Waals surface area contributed by atoms with Crippen LogP contribution in [0.5, 0.6) is 0 Å². The summed E-state index contributed by atoms with van der Waals surface area (Å²) in [5, 5.41) is 27.9. The summed E-state index contributed by atoms with van der Waals surface area (Å²) in [6.45, 7) is -0.572. The molecule has 0 unspecified atom stereocenters. The Bertz CT molecular complexity index is 586. The van der Waals surface area contributed by atoms with Gasteiger partial charge in [0.1, 0.15) is 23.9 Å². The molecule has 0 aromatic carbocycles. The van der Waals surface area contributed by atoms with Crippen molar-refractivity contribution in [2.24, 2.45) is 5.89 Å². The monoisotopic (exact) mass is 253 g/mol. The third kappa shape index (κ3) is 1.95. The van der Waals surface area contributed by atoms with Crippen LogP contribution >= 0.6 is 0 Å². The molecule has 1 fully saturated rings. The third-order valence-corrected chi connectivity index (χ3v) is 2.65. The van der Waals surface area contributed by atoms with Gasteiger partial charge in [0.2, 0.25) is 0 Å². The molecule has 96 valence electrons. The lowest BCUT2D eigenvalue weighted by molar-refractivity contribution is -0.0469. The van der Waals surface area contributed by atoms with Gasteiger partial charge >= 0.3 is 5.69 Å². The Balaban J connectivity index is 2.49. The molecule has 1 aromatic rings. The maximum Gasteiger partial charge on any atom is 0.351 e. The van der Waals surface area contributed by atoms with Gasteiger partial charge in [-0.1, -0.05) is 0 Å². The topological polar surface area (TPSA) is 134 Å². The third-order valence-electron chi connectivity index (χ3n) is 2.65. The van der Waals surface area contributed by atoms with Gasteiger partial charge in [0, 0.05) is 6.20 Å². The van der Waals surface area contributed by atoms with E-state index in [0.717, 1.165) is 4.57 Å². The Hall–Kier alpha value is -1.95. The standard InChI is InChI=1S/C10H12N4O4/c11-3-5-8(16)6(4-15)18-9(5)14-2-1-7(12)13-10(14)17/h1-2,5-6,8-9,15-16H,4H2,(H2,12,13,17)/t5-,6-,8+,9-/m1/s1/i5D. The van der Waals surface area contributed by atoms with Crippen molar-refractivity contribution in [2.75, 3.05) is 12.3 Å². The van der Waals surface area contributed by atoms with Crippen molar-refractivity contribution in [1.29, 1.82) is 5.26 Å². The molecule has 0 bridgehead atoms. The lowest BCUT2D eigenvalue weighted by Crippen LogP contribution is -2.31. The fourth-order valence-corrected chi connectivity index (χ4v) is 1.74. The van der Waals surface area contributed by atoms with Crippen LogP contribution in [0.15, 0.2) is 17.1 Å². The normalized spacial score (nSPS) is 36.1. The van der Waals surface area contributed by atoms with Gasteiger partial charge in [-0.25, -0.2) is 4.79 Å². The molecule has 4 atom stereocenters. The fraction of sp³-hybridized carbons (Fsp3) is 0.500. The van der Waals surface area contributed by atoms with E-state index in [1.54, 1.807) is 6.07 Å². The summed E-state index contributed by atoms with van der Waals surface area (Å²) < 4.78 is 14.1. The number of hydrogen-bond acceptors (Lipinski definition) is 7. The van der Waals surface area contributed by atoms with Gasteiger partial charge in [-0.05, 0) is 6.07 Å². The van der Waals surface area contributed by atoms with Crippen LogP contribution in [0.3, 0.4) is 0 Å². The van der Waals surface area contributed by atoms with E-state index in [1.165, 1.54) is 12.3 Å². The van der Waals surface area contributed by atoms with Gasteiger partial charge < -0.3 is 20.7 Å². The van der Waals surface area contributed by atoms with Crippen molar-refractivity contribution < 1.29 is 16.3 Å². The summed E-state index contributed by atoms with van der Waals surface area (Å²) in [5.41, 5.74) is 4.54. The van der Waals surface area contributed by atoms with Crippen molar-refractivity contribution in [2.45, 2.75) is 18.4 Å². The Morgan fingerprint density at radius 2 is 2.50 bits per heavy atom. The van der Waals surface area contributed by atoms with E-state index in [9.17, 15) is 9.90 Å². The van der Waals surface area contributed by atoms with Gasteiger partial charge in [0.15, 0.2) is 6.23 Å². The van der Waals surface area contributed by atoms with Crippen LogP contribution < -0.4 is 11.4 Å². The van der Waals surface area contributed by atoms with Gasteiger partial charge in [0.05, 0.1) is 14.0 Å². The van der Waals surface area contributed by atoms with E-state index in [1.807, 2.05) is 0 Å². The number of aliphatic hydroxyl groups is 2. The predicted molar refractivity (Wildman–Crippen MR) is 59.0 cm³/mol. The number of anilines is 1. The summed E-state index contributed by atoms with van der Waals surface area (Å²) in [6.07, 6.45) is -2.81. The minimum Gasteiger partial charge on any atom is -0.394 e. The Morgan fingerprint density at radius 3 is 3.06 bits per heavy atom. The SMILES string of the molecule is [2H][C@@]1(C#N)[C@H](O)[C@@H](CO)O[C@H]1n1ccc(N)nc1=O. The van der Waals surface area contributed by atoms with E-state index in [-0.39, 0.29) is 5.82 Å². The summed E-state index contributed by atoms with van der Waals surface area (Å²) in [6, 6.07) is 2.91. The first-order valence-electron chi connectivity index (χ1n) is 5.64. The molecule has 8 nitrogen and oxygen atoms in total. The smallest absolute Gasteiger partial charge is 0.351 e. The molecule has 1 aliphatic heterocycles. The zero-order valence-corrected chi connectivity index (χ0v) is 9.22. The van der Waals surface area contributed by atoms with Crippen molar-refractivity contribution in [1.82, 2.24) is 9.55 Å². The number of rotatable bonds is 2. The Morgan fingerprint density at radius 1 is 1.78 bits per heavy atom. The van der Waals surface area contributed by atoms with Crippen molar-refractivity contribution >= 4 is 5.82 Å². The molecule has 4 N–H and O–H groups in total. The highest BCUT2D eigenvalue weighted by atomic mass is 16.5. The molecule has 8 heteroatoms. The summed E-state index contributed by atoms with van der Waals surface area (Å²) in [7, 11) is 0. The molecule has 18 heavy (non-hydrogen) atoms. The molecular formula is C10H12N4O4. The maximum atomic E-state index is 11.7. The largest absolute Gasteiger partial charge is 0.394 e. The molecule has 1 aliphatic rings. The first kappa shape index (κ1) is 11.2. The van der Waals surface area contributed by atoms with Crippen LogP contribution in [0, 0.1) is 17.2 Å². The second kappa shape index (κ2) is 4.73. The second-order valence-corrected chi connectivity index (χ2v) is 3.76. The highest BCUT2D eigenvalue weighted by molar-refractivity contribution is 5.23. The molecule has 1 aromatic heterocycles. The van der Waals surface area contributed by atoms with Crippen LogP contribution in [0.4, 0.5) is 5.82 Å². The quantitative estimate of drug-likeness (QED) is 0.566. The number of nitrogens with zero attached hydrogens (tertiary/aromatic N) is 3. The minimum atomic E-state index is -2.12. The number of hydrogen-bond donors (Lipinski definition) is 3. The molecule has 0 spiro atoms. The average Bonchev–Trinajstić information content (AvgIpc) is 2.63. The molecule has 0 aliphatic carbocycles. The second-order valence-electron chi connectivity index (χ2n) is 3.76. The highest BCUT2D eigenvalue weighted by Gasteiger charge is 2.45. The Kier molecular flexibility index (Phi) is 2.93. The zero-order chi connectivity index (χ0) is 14.2. The lowest BCUT2D eigenvalue weighted by atomic mass is 10.0. The van der Waals surface area contributed by atoms with Crippen LogP contribution in [0.25, 0.3) is 0 Å². The summed E-state index contributed by atoms with van der Waals surface area (Å²) in [5.74, 6) is -2.12. The molecule has 1 saturated heterocycles. The number of ether oxygens (including phenoxy) is 1. The number of nitrogens with two attached hydrogens (primary N) is 1. The molecule has 2 rings (SSSR count). The first-order chi connectivity index (χ1) is 8.93. The van der Waals surface area contributed by atoms with E-state index >= 15 is 0 Å². The van der Waals surface area contributed by atoms with E-state index in [0.29, 0.717) is 0 Å². The van der Waals surface area contributed by atoms with Crippen LogP contribution in [-0.4, -0.2) is 38.6 Å². The lowest BCUT2D eigenvalue weighted by Gasteiger charge is -2.16. The molecule has 0 amide bonds. The molecule has 0 saturated carbocycles. The van der Waals surface area contributed by atoms with Crippen LogP contribution in [-0.2, 0) is 4.74 Å². The average molecular weight is 253 g/mol. The van der Waals surface area contributed by atoms with Crippen LogP contribution in [0.1, 0.15) is 7.60 Å². The fourth-order valence-electron chi connectivity index (χ4n) is 1.74. The molecule has 0 radical (unpaired) electrons. The summed E-state index contributed by atoms with van der Waals surface area (Å²) >= 11 is 0. The number of nitrogen functional groups attached to an aromatic ring is 1. The Labute approximate surface area is 103 Å². The van der Waals surface area contributed by atoms with E-state index in [4.69, 9.17) is 22.2 Å². The molecule has 2 heterocycles. The van der Waals surface area contributed by atoms with Gasteiger partial charge in [-0.3, -0.25) is 4.57 Å². The predicted octanol–water partition coefficient (Wildman–Crippen LogP) is -1.78. The number of nitriles is 1. The van der Waals surface area contributed by atoms with E-state index < -0.39 is 36.6 Å². The number of aromatic nitrogens is 2. The van der Waals surface area contributed by atoms with Crippen molar-refractivity contribution in [3.8, 4) is 6.07 Å². The van der Waals surface area contributed by atoms with Gasteiger partial charge in [0.25, 0.3) is 0 Å². The van der Waals surface area contributed by atoms with Gasteiger partial charge in [-0.2, -0.15) is 10.2 Å². The summed E-state index contributed by atoms with van der Waals surface area (Å²) in [4.78, 5) is 15.1. The van der Waals surface area contributed by atoms with Gasteiger partial charge in [-0.15, -0.1) is 0 Å². The molecular weight excluding hydrogens is 240 g/mol. The highest BCUT2D eigenvalue weighted by Crippen LogP contribution is 2.33. The minimum absolute atomic E-state index is 0.00829. The number of aliphatic hydroxyl groups excluding tert-OH is 2. The van der Waals surface area contributed by atoms with E-state index in [2.05, 4.69) is 4.98 Å².